The van der Waals surface area contributed by atoms with Crippen LogP contribution in [0.5, 0.6) is 23.0 Å². The number of amides is 2. The number of benzene rings is 4. The van der Waals surface area contributed by atoms with E-state index in [1.54, 1.807) is 36.4 Å². The SMILES string of the molecule is NC(=O)Oc1ccc(Oc2ccc(OC(N)=O)c(-c3ccccc3)c2-c2ccccc2)cc1. The summed E-state index contributed by atoms with van der Waals surface area (Å²) in [6, 6.07) is 28.9. The fourth-order valence-corrected chi connectivity index (χ4v) is 3.44. The molecule has 0 aliphatic carbocycles. The van der Waals surface area contributed by atoms with Crippen LogP contribution in [0.2, 0.25) is 0 Å². The summed E-state index contributed by atoms with van der Waals surface area (Å²) >= 11 is 0. The number of carbonyl (C=O) groups is 2. The Kier molecular flexibility index (Phi) is 6.22. The van der Waals surface area contributed by atoms with Crippen molar-refractivity contribution in [1.29, 1.82) is 0 Å². The third kappa shape index (κ3) is 5.11. The van der Waals surface area contributed by atoms with Crippen molar-refractivity contribution in [3.63, 3.8) is 0 Å². The highest BCUT2D eigenvalue weighted by Crippen LogP contribution is 2.46. The summed E-state index contributed by atoms with van der Waals surface area (Å²) in [6.07, 6.45) is -1.81. The van der Waals surface area contributed by atoms with Gasteiger partial charge in [0.2, 0.25) is 0 Å². The summed E-state index contributed by atoms with van der Waals surface area (Å²) < 4.78 is 16.4. The maximum Gasteiger partial charge on any atom is 0.409 e. The van der Waals surface area contributed by atoms with Crippen LogP contribution >= 0.6 is 0 Å². The first-order chi connectivity index (χ1) is 16.0. The Balaban J connectivity index is 1.87. The zero-order valence-corrected chi connectivity index (χ0v) is 17.4. The van der Waals surface area contributed by atoms with Crippen LogP contribution in [0, 0.1) is 0 Å². The molecule has 4 rings (SSSR count). The summed E-state index contributed by atoms with van der Waals surface area (Å²) in [5.41, 5.74) is 13.4. The summed E-state index contributed by atoms with van der Waals surface area (Å²) in [5.74, 6) is 1.64. The van der Waals surface area contributed by atoms with Gasteiger partial charge in [-0.1, -0.05) is 60.7 Å². The van der Waals surface area contributed by atoms with Crippen molar-refractivity contribution < 1.29 is 23.8 Å². The average molecular weight is 440 g/mol. The smallest absolute Gasteiger partial charge is 0.409 e. The van der Waals surface area contributed by atoms with E-state index in [-0.39, 0.29) is 0 Å². The first-order valence-electron chi connectivity index (χ1n) is 10.0. The number of hydrogen-bond donors (Lipinski definition) is 2. The molecule has 0 heterocycles. The number of rotatable bonds is 6. The van der Waals surface area contributed by atoms with Crippen LogP contribution < -0.4 is 25.7 Å². The van der Waals surface area contributed by atoms with Crippen molar-refractivity contribution in [2.45, 2.75) is 0 Å². The van der Waals surface area contributed by atoms with Gasteiger partial charge >= 0.3 is 12.2 Å². The molecule has 0 saturated carbocycles. The highest BCUT2D eigenvalue weighted by atomic mass is 16.6. The van der Waals surface area contributed by atoms with E-state index >= 15 is 0 Å². The lowest BCUT2D eigenvalue weighted by molar-refractivity contribution is 0.210. The van der Waals surface area contributed by atoms with Gasteiger partial charge in [-0.25, -0.2) is 9.59 Å². The van der Waals surface area contributed by atoms with Crippen LogP contribution in [0.4, 0.5) is 9.59 Å². The average Bonchev–Trinajstić information content (AvgIpc) is 2.81. The highest BCUT2D eigenvalue weighted by molar-refractivity contribution is 5.92. The molecule has 0 aromatic heterocycles. The Morgan fingerprint density at radius 2 is 0.970 bits per heavy atom. The van der Waals surface area contributed by atoms with Crippen molar-refractivity contribution in [2.24, 2.45) is 11.5 Å². The second kappa shape index (κ2) is 9.57. The molecule has 33 heavy (non-hydrogen) atoms. The predicted molar refractivity (Wildman–Crippen MR) is 124 cm³/mol. The van der Waals surface area contributed by atoms with E-state index in [1.807, 2.05) is 60.7 Å². The maximum absolute atomic E-state index is 11.6. The van der Waals surface area contributed by atoms with Gasteiger partial charge in [0.25, 0.3) is 0 Å². The van der Waals surface area contributed by atoms with E-state index in [2.05, 4.69) is 0 Å². The second-order valence-electron chi connectivity index (χ2n) is 6.96. The van der Waals surface area contributed by atoms with Gasteiger partial charge in [0, 0.05) is 11.1 Å². The van der Waals surface area contributed by atoms with Crippen LogP contribution in [0.1, 0.15) is 0 Å². The van der Waals surface area contributed by atoms with Crippen LogP contribution in [0.15, 0.2) is 97.1 Å². The van der Waals surface area contributed by atoms with E-state index < -0.39 is 12.2 Å². The van der Waals surface area contributed by atoms with Crippen LogP contribution in [-0.2, 0) is 0 Å². The summed E-state index contributed by atoms with van der Waals surface area (Å²) in [5, 5.41) is 0. The highest BCUT2D eigenvalue weighted by Gasteiger charge is 2.20. The number of nitrogens with two attached hydrogens (primary N) is 2. The minimum atomic E-state index is -0.912. The molecule has 0 aliphatic heterocycles. The monoisotopic (exact) mass is 440 g/mol. The third-order valence-electron chi connectivity index (χ3n) is 4.73. The Bertz CT molecular complexity index is 1270. The van der Waals surface area contributed by atoms with Crippen molar-refractivity contribution in [3.05, 3.63) is 97.1 Å². The quantitative estimate of drug-likeness (QED) is 0.397. The molecule has 4 aromatic carbocycles. The Hall–Kier alpha value is -4.78. The normalized spacial score (nSPS) is 10.3. The van der Waals surface area contributed by atoms with Crippen molar-refractivity contribution in [3.8, 4) is 45.3 Å². The molecule has 164 valence electrons. The van der Waals surface area contributed by atoms with Crippen LogP contribution in [-0.4, -0.2) is 12.2 Å². The lowest BCUT2D eigenvalue weighted by atomic mass is 9.92. The van der Waals surface area contributed by atoms with Gasteiger partial charge in [-0.15, -0.1) is 0 Å². The van der Waals surface area contributed by atoms with Gasteiger partial charge in [0.05, 0.1) is 0 Å². The van der Waals surface area contributed by atoms with Gasteiger partial charge in [-0.3, -0.25) is 0 Å². The zero-order valence-electron chi connectivity index (χ0n) is 17.4. The number of carbonyl (C=O) groups excluding carboxylic acids is 2. The number of primary amides is 2. The lowest BCUT2D eigenvalue weighted by Crippen LogP contribution is -2.17. The molecule has 0 unspecified atom stereocenters. The van der Waals surface area contributed by atoms with Crippen molar-refractivity contribution in [2.75, 3.05) is 0 Å². The minimum Gasteiger partial charge on any atom is -0.457 e. The fraction of sp³-hybridized carbons (Fsp3) is 0. The molecule has 7 nitrogen and oxygen atoms in total. The van der Waals surface area contributed by atoms with Gasteiger partial charge < -0.3 is 25.7 Å². The molecule has 7 heteroatoms. The molecule has 0 bridgehead atoms. The summed E-state index contributed by atoms with van der Waals surface area (Å²) in [4.78, 5) is 22.6. The molecule has 2 amide bonds. The maximum atomic E-state index is 11.6. The van der Waals surface area contributed by atoms with E-state index in [0.29, 0.717) is 28.6 Å². The van der Waals surface area contributed by atoms with Crippen LogP contribution in [0.25, 0.3) is 22.3 Å². The van der Waals surface area contributed by atoms with Crippen molar-refractivity contribution in [1.82, 2.24) is 0 Å². The molecule has 4 N–H and O–H groups in total. The third-order valence-corrected chi connectivity index (χ3v) is 4.73. The lowest BCUT2D eigenvalue weighted by Gasteiger charge is -2.19. The Labute approximate surface area is 190 Å². The summed E-state index contributed by atoms with van der Waals surface area (Å²) in [6.45, 7) is 0. The van der Waals surface area contributed by atoms with Gasteiger partial charge in [0.15, 0.2) is 0 Å². The van der Waals surface area contributed by atoms with Crippen LogP contribution in [0.3, 0.4) is 0 Å². The van der Waals surface area contributed by atoms with E-state index in [9.17, 15) is 9.59 Å². The Morgan fingerprint density at radius 3 is 1.48 bits per heavy atom. The molecular weight excluding hydrogens is 420 g/mol. The van der Waals surface area contributed by atoms with E-state index in [0.717, 1.165) is 16.7 Å². The van der Waals surface area contributed by atoms with Gasteiger partial charge in [0.1, 0.15) is 23.0 Å². The largest absolute Gasteiger partial charge is 0.457 e. The molecule has 0 aliphatic rings. The number of ether oxygens (including phenoxy) is 3. The predicted octanol–water partition coefficient (Wildman–Crippen LogP) is 5.73. The molecule has 0 atom stereocenters. The molecule has 0 saturated heterocycles. The minimum absolute atomic E-state index is 0.299. The van der Waals surface area contributed by atoms with Crippen molar-refractivity contribution >= 4 is 12.2 Å². The zero-order chi connectivity index (χ0) is 23.2. The van der Waals surface area contributed by atoms with Gasteiger partial charge in [-0.2, -0.15) is 0 Å². The molecule has 0 spiro atoms. The molecule has 0 radical (unpaired) electrons. The standard InChI is InChI=1S/C26H20N2O5/c27-25(29)32-20-13-11-19(12-14-20)31-21-15-16-22(33-26(28)30)24(18-9-5-2-6-10-18)23(21)17-7-3-1-4-8-17/h1-16H,(H2,27,29)(H2,28,30). The Morgan fingerprint density at radius 1 is 0.515 bits per heavy atom. The molecular formula is C26H20N2O5. The number of hydrogen-bond acceptors (Lipinski definition) is 5. The van der Waals surface area contributed by atoms with E-state index in [1.165, 1.54) is 0 Å². The van der Waals surface area contributed by atoms with E-state index in [4.69, 9.17) is 25.7 Å². The first-order valence-corrected chi connectivity index (χ1v) is 10.0. The van der Waals surface area contributed by atoms with Gasteiger partial charge in [-0.05, 0) is 47.5 Å². The molecule has 0 fully saturated rings. The fourth-order valence-electron chi connectivity index (χ4n) is 3.44. The summed E-state index contributed by atoms with van der Waals surface area (Å²) in [7, 11) is 0. The second-order valence-corrected chi connectivity index (χ2v) is 6.96. The molecule has 4 aromatic rings. The topological polar surface area (TPSA) is 114 Å². The first kappa shape index (κ1) is 21.5.